The fourth-order valence-corrected chi connectivity index (χ4v) is 0.493. The first kappa shape index (κ1) is 15.2. The average Bonchev–Trinajstić information content (AvgIpc) is 2.05. The Hall–Kier alpha value is -0.260. The molecule has 0 spiro atoms. The van der Waals surface area contributed by atoms with Crippen molar-refractivity contribution in [1.82, 2.24) is 0 Å². The molecular formula is C13H28. The maximum atomic E-state index is 2.26. The maximum absolute atomic E-state index is 2.26. The molecule has 0 saturated carbocycles. The van der Waals surface area contributed by atoms with Crippen LogP contribution in [0.4, 0.5) is 0 Å². The minimum Gasteiger partial charge on any atom is -0.0859 e. The lowest BCUT2D eigenvalue weighted by atomic mass is 9.94. The number of rotatable bonds is 2. The first-order valence-corrected chi connectivity index (χ1v) is 5.53. The van der Waals surface area contributed by atoms with Crippen LogP contribution >= 0.6 is 0 Å². The molecule has 0 aromatic rings. The molecule has 0 fully saturated rings. The van der Waals surface area contributed by atoms with Crippen molar-refractivity contribution < 1.29 is 0 Å². The topological polar surface area (TPSA) is 0 Å². The summed E-state index contributed by atoms with van der Waals surface area (Å²) in [6.07, 6.45) is 5.92. The standard InChI is InChI=1S/C7H14.C6H14/c1-4-6-7(3)5-2;1-5-6(2,3)4/h6H,4-5H2,1-3H3;5H2,1-4H3. The van der Waals surface area contributed by atoms with Crippen molar-refractivity contribution in [1.29, 1.82) is 0 Å². The van der Waals surface area contributed by atoms with Gasteiger partial charge in [-0.25, -0.2) is 0 Å². The molecule has 0 atom stereocenters. The van der Waals surface area contributed by atoms with Gasteiger partial charge in [-0.15, -0.1) is 0 Å². The summed E-state index contributed by atoms with van der Waals surface area (Å²) in [7, 11) is 0. The van der Waals surface area contributed by atoms with Gasteiger partial charge in [0.25, 0.3) is 0 Å². The first-order valence-electron chi connectivity index (χ1n) is 5.53. The highest BCUT2D eigenvalue weighted by Gasteiger charge is 2.03. The Morgan fingerprint density at radius 1 is 1.08 bits per heavy atom. The molecule has 0 aliphatic carbocycles. The van der Waals surface area contributed by atoms with Gasteiger partial charge in [-0.2, -0.15) is 0 Å². The van der Waals surface area contributed by atoms with Gasteiger partial charge in [0.2, 0.25) is 0 Å². The minimum atomic E-state index is 0.542. The number of hydrogen-bond acceptors (Lipinski definition) is 0. The van der Waals surface area contributed by atoms with Gasteiger partial charge in [0, 0.05) is 0 Å². The molecule has 0 aromatic heterocycles. The molecule has 0 rings (SSSR count). The van der Waals surface area contributed by atoms with E-state index in [0.717, 1.165) is 0 Å². The summed E-state index contributed by atoms with van der Waals surface area (Å²) in [5.41, 5.74) is 2.04. The fourth-order valence-electron chi connectivity index (χ4n) is 0.493. The maximum Gasteiger partial charge on any atom is -0.0352 e. The Labute approximate surface area is 85.4 Å². The van der Waals surface area contributed by atoms with Crippen LogP contribution in [0.2, 0.25) is 0 Å². The van der Waals surface area contributed by atoms with E-state index in [1.54, 1.807) is 0 Å². The van der Waals surface area contributed by atoms with E-state index < -0.39 is 0 Å². The van der Waals surface area contributed by atoms with E-state index in [9.17, 15) is 0 Å². The zero-order valence-corrected chi connectivity index (χ0v) is 10.7. The van der Waals surface area contributed by atoms with Crippen LogP contribution in [0.5, 0.6) is 0 Å². The molecule has 80 valence electrons. The zero-order valence-electron chi connectivity index (χ0n) is 10.7. The second kappa shape index (κ2) is 8.34. The predicted molar refractivity (Wildman–Crippen MR) is 64.1 cm³/mol. The van der Waals surface area contributed by atoms with Gasteiger partial charge < -0.3 is 0 Å². The molecule has 0 radical (unpaired) electrons. The highest BCUT2D eigenvalue weighted by Crippen LogP contribution is 2.16. The highest BCUT2D eigenvalue weighted by molar-refractivity contribution is 4.95. The van der Waals surface area contributed by atoms with Crippen LogP contribution in [0, 0.1) is 5.41 Å². The Morgan fingerprint density at radius 3 is 1.54 bits per heavy atom. The zero-order chi connectivity index (χ0) is 10.9. The predicted octanol–water partition coefficient (Wildman–Crippen LogP) is 5.20. The Bertz CT molecular complexity index is 123. The van der Waals surface area contributed by atoms with Crippen LogP contribution in [0.1, 0.15) is 67.7 Å². The average molecular weight is 184 g/mol. The second-order valence-electron chi connectivity index (χ2n) is 4.73. The molecule has 13 heavy (non-hydrogen) atoms. The van der Waals surface area contributed by atoms with E-state index in [-0.39, 0.29) is 0 Å². The van der Waals surface area contributed by atoms with Crippen LogP contribution in [0.3, 0.4) is 0 Å². The lowest BCUT2D eigenvalue weighted by Crippen LogP contribution is -2.00. The second-order valence-corrected chi connectivity index (χ2v) is 4.73. The molecule has 0 unspecified atom stereocenters. The largest absolute Gasteiger partial charge is 0.0859 e. The van der Waals surface area contributed by atoms with Gasteiger partial charge in [0.15, 0.2) is 0 Å². The highest BCUT2D eigenvalue weighted by atomic mass is 14.1. The summed E-state index contributed by atoms with van der Waals surface area (Å²) in [6, 6.07) is 0. The summed E-state index contributed by atoms with van der Waals surface area (Å²) in [5.74, 6) is 0. The summed E-state index contributed by atoms with van der Waals surface area (Å²) in [5, 5.41) is 0. The molecule has 0 heteroatoms. The van der Waals surface area contributed by atoms with Gasteiger partial charge in [-0.1, -0.05) is 59.6 Å². The number of hydrogen-bond donors (Lipinski definition) is 0. The Balaban J connectivity index is 0. The van der Waals surface area contributed by atoms with Crippen LogP contribution in [-0.4, -0.2) is 0 Å². The van der Waals surface area contributed by atoms with Crippen molar-refractivity contribution in [3.8, 4) is 0 Å². The van der Waals surface area contributed by atoms with Crippen LogP contribution in [0.15, 0.2) is 11.6 Å². The molecule has 0 heterocycles. The Kier molecular flexibility index (Phi) is 9.77. The van der Waals surface area contributed by atoms with Crippen molar-refractivity contribution in [2.45, 2.75) is 67.7 Å². The van der Waals surface area contributed by atoms with Crippen molar-refractivity contribution >= 4 is 0 Å². The quantitative estimate of drug-likeness (QED) is 0.518. The SMILES string of the molecule is CCC(C)(C)C.CCC=C(C)CC. The van der Waals surface area contributed by atoms with Gasteiger partial charge >= 0.3 is 0 Å². The molecule has 0 aliphatic rings. The van der Waals surface area contributed by atoms with Crippen LogP contribution in [-0.2, 0) is 0 Å². The van der Waals surface area contributed by atoms with Gasteiger partial charge in [0.05, 0.1) is 0 Å². The van der Waals surface area contributed by atoms with Crippen molar-refractivity contribution in [2.24, 2.45) is 5.41 Å². The Morgan fingerprint density at radius 2 is 1.46 bits per heavy atom. The summed E-state index contributed by atoms with van der Waals surface area (Å²) in [4.78, 5) is 0. The van der Waals surface area contributed by atoms with Crippen molar-refractivity contribution in [3.63, 3.8) is 0 Å². The summed E-state index contributed by atoms with van der Waals surface area (Å²) >= 11 is 0. The molecule has 0 aromatic carbocycles. The van der Waals surface area contributed by atoms with Gasteiger partial charge in [-0.05, 0) is 25.2 Å². The normalized spacial score (nSPS) is 12.1. The molecule has 0 amide bonds. The third-order valence-electron chi connectivity index (χ3n) is 2.17. The third kappa shape index (κ3) is 18.6. The molecule has 0 saturated heterocycles. The summed E-state index contributed by atoms with van der Waals surface area (Å²) in [6.45, 7) is 15.5. The van der Waals surface area contributed by atoms with E-state index in [1.807, 2.05) is 0 Å². The van der Waals surface area contributed by atoms with Crippen molar-refractivity contribution in [2.75, 3.05) is 0 Å². The first-order chi connectivity index (χ1) is 5.87. The summed E-state index contributed by atoms with van der Waals surface area (Å²) < 4.78 is 0. The van der Waals surface area contributed by atoms with Crippen LogP contribution < -0.4 is 0 Å². The lowest BCUT2D eigenvalue weighted by Gasteiger charge is -2.12. The van der Waals surface area contributed by atoms with Gasteiger partial charge in [-0.3, -0.25) is 0 Å². The molecule has 0 aliphatic heterocycles. The van der Waals surface area contributed by atoms with Gasteiger partial charge in [0.1, 0.15) is 0 Å². The molecule has 0 nitrogen and oxygen atoms in total. The molecule has 0 bridgehead atoms. The minimum absolute atomic E-state index is 0.542. The lowest BCUT2D eigenvalue weighted by molar-refractivity contribution is 0.398. The van der Waals surface area contributed by atoms with E-state index in [1.165, 1.54) is 24.8 Å². The van der Waals surface area contributed by atoms with Crippen molar-refractivity contribution in [3.05, 3.63) is 11.6 Å². The van der Waals surface area contributed by atoms with E-state index in [4.69, 9.17) is 0 Å². The van der Waals surface area contributed by atoms with E-state index >= 15 is 0 Å². The van der Waals surface area contributed by atoms with Crippen LogP contribution in [0.25, 0.3) is 0 Å². The molecular weight excluding hydrogens is 156 g/mol. The smallest absolute Gasteiger partial charge is 0.0352 e. The van der Waals surface area contributed by atoms with E-state index in [2.05, 4.69) is 54.5 Å². The number of allylic oxidation sites excluding steroid dienone is 2. The van der Waals surface area contributed by atoms with E-state index in [0.29, 0.717) is 5.41 Å². The fraction of sp³-hybridized carbons (Fsp3) is 0.846. The molecule has 0 N–H and O–H groups in total. The third-order valence-corrected chi connectivity index (χ3v) is 2.17. The monoisotopic (exact) mass is 184 g/mol.